The van der Waals surface area contributed by atoms with Crippen LogP contribution in [0.1, 0.15) is 166 Å². The van der Waals surface area contributed by atoms with E-state index in [2.05, 4.69) is 63.2 Å². The summed E-state index contributed by atoms with van der Waals surface area (Å²) in [6.07, 6.45) is 10.6. The third kappa shape index (κ3) is 19.9. The van der Waals surface area contributed by atoms with Gasteiger partial charge in [0, 0.05) is 32.4 Å². The van der Waals surface area contributed by atoms with Gasteiger partial charge in [0.05, 0.1) is 42.6 Å². The number of ether oxygens (including phenoxy) is 2. The molecule has 4 aromatic rings. The van der Waals surface area contributed by atoms with Gasteiger partial charge in [-0.05, 0) is 106 Å². The summed E-state index contributed by atoms with van der Waals surface area (Å²) in [4.78, 5) is 132. The van der Waals surface area contributed by atoms with Gasteiger partial charge in [-0.25, -0.2) is 14.2 Å². The molecule has 2 saturated carbocycles. The van der Waals surface area contributed by atoms with Crippen LogP contribution in [0, 0.1) is 23.7 Å². The number of amides is 8. The van der Waals surface area contributed by atoms with Gasteiger partial charge in [0.1, 0.15) is 78.4 Å². The molecule has 30 heteroatoms. The van der Waals surface area contributed by atoms with Crippen molar-refractivity contribution in [3.05, 3.63) is 83.4 Å². The van der Waals surface area contributed by atoms with Crippen LogP contribution in [-0.2, 0) is 69.2 Å². The fourth-order valence-electron chi connectivity index (χ4n) is 14.1. The van der Waals surface area contributed by atoms with E-state index >= 15 is 9.59 Å². The minimum Gasteiger partial charge on any atom is -0.487 e. The zero-order chi connectivity index (χ0) is 71.9. The first-order chi connectivity index (χ1) is 47.9. The summed E-state index contributed by atoms with van der Waals surface area (Å²) < 4.78 is 15.4. The van der Waals surface area contributed by atoms with Crippen LogP contribution in [0.2, 0.25) is 0 Å². The molecule has 2 aromatic carbocycles. The first kappa shape index (κ1) is 75.6. The molecule has 0 radical (unpaired) electrons. The quantitative estimate of drug-likeness (QED) is 0.0713. The Morgan fingerprint density at radius 1 is 0.550 bits per heavy atom. The molecule has 4 fully saturated rings. The molecule has 2 aromatic heterocycles. The van der Waals surface area contributed by atoms with Gasteiger partial charge in [-0.2, -0.15) is 0 Å². The van der Waals surface area contributed by atoms with Gasteiger partial charge < -0.3 is 77.1 Å². The summed E-state index contributed by atoms with van der Waals surface area (Å²) >= 11 is 0. The summed E-state index contributed by atoms with van der Waals surface area (Å²) in [7, 11) is 3.25. The lowest BCUT2D eigenvalue weighted by Crippen LogP contribution is -2.59. The summed E-state index contributed by atoms with van der Waals surface area (Å²) in [6, 6.07) is 1.41. The molecule has 8 aliphatic rings. The fourth-order valence-corrected chi connectivity index (χ4v) is 14.1. The van der Waals surface area contributed by atoms with Crippen LogP contribution >= 0.6 is 0 Å². The molecule has 2 aliphatic carbocycles. The van der Waals surface area contributed by atoms with Gasteiger partial charge in [-0.15, -0.1) is 10.2 Å². The minimum atomic E-state index is -2.03. The molecule has 0 spiro atoms. The minimum absolute atomic E-state index is 0.0268. The van der Waals surface area contributed by atoms with Gasteiger partial charge in [-0.3, -0.25) is 38.4 Å². The fraction of sp³-hybridized carbons (Fsp3) is 0.643. The van der Waals surface area contributed by atoms with Crippen molar-refractivity contribution in [2.45, 2.75) is 236 Å². The van der Waals surface area contributed by atoms with Crippen molar-refractivity contribution < 1.29 is 67.9 Å². The Kier molecular flexibility index (Phi) is 26.6. The first-order valence-electron chi connectivity index (χ1n) is 35.5. The van der Waals surface area contributed by atoms with E-state index in [1.165, 1.54) is 9.80 Å². The lowest BCUT2D eigenvalue weighted by molar-refractivity contribution is -0.144. The zero-order valence-electron chi connectivity index (χ0n) is 58.6. The SMILES string of the molecule is CN[C@@H](C)C(=O)N[C@H](C(=O)N1C[C@@H]2C[C@H]1C(=O)N[C@@H](CC1CCCCC1)C(=O)N[C@H](C(=O)O)Cc1ccc(cc1)OCc1cn(nn1)[C@H]1C[C@@H](C(=O)N[C@@H](CC3CCCCC3)C(=O)N[C@H](C(O)O)Cc3ccc(cc3)OCc3cn2nn3)N(C(=O)[C@@H](NC(=O)[C@H](C)NC)C(C)C)C1)C(C)C. The van der Waals surface area contributed by atoms with E-state index < -0.39 is 144 Å². The van der Waals surface area contributed by atoms with Gasteiger partial charge in [0.2, 0.25) is 47.3 Å². The molecule has 0 unspecified atom stereocenters. The average molecular weight is 1390 g/mol. The molecule has 8 heterocycles. The Balaban J connectivity index is 1.02. The summed E-state index contributed by atoms with van der Waals surface area (Å²) in [5.41, 5.74) is 1.92. The maximum atomic E-state index is 15.0. The third-order valence-electron chi connectivity index (χ3n) is 20.4. The highest BCUT2D eigenvalue weighted by molar-refractivity contribution is 5.97. The molecule has 100 heavy (non-hydrogen) atoms. The predicted octanol–water partition coefficient (Wildman–Crippen LogP) is 1.88. The van der Waals surface area contributed by atoms with Crippen molar-refractivity contribution >= 4 is 53.2 Å². The van der Waals surface area contributed by atoms with E-state index in [-0.39, 0.29) is 76.7 Å². The molecule has 2 saturated heterocycles. The van der Waals surface area contributed by atoms with Crippen molar-refractivity contribution in [3.8, 4) is 11.5 Å². The number of nitrogens with one attached hydrogen (secondary N) is 8. The Labute approximate surface area is 583 Å². The molecular weight excluding hydrogens is 1290 g/mol. The van der Waals surface area contributed by atoms with Crippen molar-refractivity contribution in [1.29, 1.82) is 0 Å². The number of carboxylic acid groups (broad SMARTS) is 1. The van der Waals surface area contributed by atoms with Gasteiger partial charge in [0.25, 0.3) is 0 Å². The summed E-state index contributed by atoms with van der Waals surface area (Å²) in [5.74, 6) is -5.75. The number of aliphatic hydroxyl groups is 2. The number of likely N-dealkylation sites (tertiary alicyclic amines) is 2. The highest BCUT2D eigenvalue weighted by Gasteiger charge is 2.47. The van der Waals surface area contributed by atoms with Crippen molar-refractivity contribution in [2.75, 3.05) is 27.2 Å². The average Bonchev–Trinajstić information content (AvgIpc) is 1.64. The molecule has 11 N–H and O–H groups in total. The van der Waals surface area contributed by atoms with Crippen LogP contribution in [0.3, 0.4) is 0 Å². The molecule has 546 valence electrons. The van der Waals surface area contributed by atoms with Crippen molar-refractivity contribution in [1.82, 2.24) is 82.3 Å². The first-order valence-corrected chi connectivity index (χ1v) is 35.5. The van der Waals surface area contributed by atoms with Crippen LogP contribution in [0.15, 0.2) is 60.9 Å². The number of benzene rings is 2. The number of carboxylic acids is 1. The number of likely N-dealkylation sites (N-methyl/N-ethyl adjacent to an activating group) is 2. The van der Waals surface area contributed by atoms with Crippen LogP contribution in [0.4, 0.5) is 0 Å². The Bertz CT molecular complexity index is 3440. The van der Waals surface area contributed by atoms with Gasteiger partial charge in [-0.1, -0.05) is 127 Å². The van der Waals surface area contributed by atoms with Crippen LogP contribution in [-0.4, -0.2) is 202 Å². The maximum absolute atomic E-state index is 15.0. The maximum Gasteiger partial charge on any atom is 0.326 e. The number of carbonyl (C=O) groups excluding carboxylic acids is 8. The van der Waals surface area contributed by atoms with E-state index in [0.717, 1.165) is 64.2 Å². The van der Waals surface area contributed by atoms with Crippen molar-refractivity contribution in [3.63, 3.8) is 0 Å². The lowest BCUT2D eigenvalue weighted by Gasteiger charge is -2.33. The number of carbonyl (C=O) groups is 9. The lowest BCUT2D eigenvalue weighted by atomic mass is 9.84. The van der Waals surface area contributed by atoms with Crippen LogP contribution in [0.25, 0.3) is 0 Å². The number of nitrogens with zero attached hydrogens (tertiary/aromatic N) is 8. The number of rotatable bonds is 16. The van der Waals surface area contributed by atoms with Gasteiger partial charge >= 0.3 is 5.97 Å². The largest absolute Gasteiger partial charge is 0.487 e. The van der Waals surface area contributed by atoms with E-state index in [9.17, 15) is 48.9 Å². The topological polar surface area (TPSA) is 397 Å². The third-order valence-corrected chi connectivity index (χ3v) is 20.4. The normalized spacial score (nSPS) is 24.7. The van der Waals surface area contributed by atoms with Crippen LogP contribution < -0.4 is 52.0 Å². The van der Waals surface area contributed by atoms with Crippen LogP contribution in [0.5, 0.6) is 11.5 Å². The standard InChI is InChI=1S/C70H102N16O14/c1-39(2)59(77-61(87)41(5)71-7)67(93)83-35-49-31-57(83)65(91)73-53(27-43-15-11-9-12-16-43)63(89)75-55(69(95)96)29-45-21-25-52(26-22-45)100-38-48-34-86(82-80-48)50-32-58(84(36-50)68(94)60(40(3)4)78-62(88)42(6)72-8)66(92)74-54(28-44-17-13-10-14-18-44)64(90)76-56(70(97)98)30-46-19-23-51(24-20-46)99-37-47-33-85(49)81-79-47/h19-26,33-34,39-44,49-50,53-60,69,71-72,95-96H,9-18,27-32,35-38H2,1-8H3,(H,73,91)(H,74,92)(H,75,89)(H,76,90)(H,77,87)(H,78,88)(H,97,98)/t41-,42-,49-,50-,53-,54-,55-,56-,57-,58-,59-,60-/m0/s1. The molecule has 6 aliphatic heterocycles. The Hall–Kier alpha value is -8.61. The number of aliphatic hydroxyl groups excluding tert-OH is 1. The molecular formula is C70H102N16O14. The molecule has 12 atom stereocenters. The van der Waals surface area contributed by atoms with E-state index in [0.29, 0.717) is 34.0 Å². The number of hydrogen-bond donors (Lipinski definition) is 11. The summed E-state index contributed by atoms with van der Waals surface area (Å²) in [6.45, 7) is 10.3. The second-order valence-corrected chi connectivity index (χ2v) is 28.5. The Morgan fingerprint density at radius 3 is 1.33 bits per heavy atom. The van der Waals surface area contributed by atoms with Crippen molar-refractivity contribution in [2.24, 2.45) is 23.7 Å². The number of aromatic nitrogens is 6. The van der Waals surface area contributed by atoms with E-state index in [4.69, 9.17) is 9.47 Å². The van der Waals surface area contributed by atoms with E-state index in [1.54, 1.807) is 126 Å². The zero-order valence-corrected chi connectivity index (χ0v) is 58.6. The Morgan fingerprint density at radius 2 is 0.950 bits per heavy atom. The van der Waals surface area contributed by atoms with E-state index in [1.807, 2.05) is 0 Å². The predicted molar refractivity (Wildman–Crippen MR) is 364 cm³/mol. The monoisotopic (exact) mass is 1390 g/mol. The number of hydrogen-bond acceptors (Lipinski definition) is 19. The second-order valence-electron chi connectivity index (χ2n) is 28.5. The smallest absolute Gasteiger partial charge is 0.326 e. The van der Waals surface area contributed by atoms with Gasteiger partial charge in [0.15, 0.2) is 6.29 Å². The second kappa shape index (κ2) is 35.1. The molecule has 12 rings (SSSR count). The highest BCUT2D eigenvalue weighted by Crippen LogP contribution is 2.34. The molecule has 30 nitrogen and oxygen atoms in total. The highest BCUT2D eigenvalue weighted by atomic mass is 16.5. The molecule has 12 bridgehead atoms. The number of aliphatic carboxylic acids is 1. The molecule has 8 amide bonds. The summed E-state index contributed by atoms with van der Waals surface area (Å²) in [5, 5.41) is 72.9.